The molecule has 0 amide bonds. The summed E-state index contributed by atoms with van der Waals surface area (Å²) in [6.45, 7) is 3.53. The molecule has 1 nitrogen and oxygen atoms in total. The first kappa shape index (κ1) is 4.44. The molecule has 0 radical (unpaired) electrons. The van der Waals surface area contributed by atoms with Gasteiger partial charge in [0, 0.05) is 5.70 Å². The van der Waals surface area contributed by atoms with E-state index >= 15 is 0 Å². The summed E-state index contributed by atoms with van der Waals surface area (Å²) < 4.78 is 0. The summed E-state index contributed by atoms with van der Waals surface area (Å²) in [5.41, 5.74) is 1.31. The van der Waals surface area contributed by atoms with Gasteiger partial charge in [-0.1, -0.05) is 12.7 Å². The molecule has 1 N–H and O–H groups in total. The lowest BCUT2D eigenvalue weighted by Crippen LogP contribution is -2.09. The lowest BCUT2D eigenvalue weighted by Gasteiger charge is -2.12. The van der Waals surface area contributed by atoms with Gasteiger partial charge < -0.3 is 5.32 Å². The van der Waals surface area contributed by atoms with Gasteiger partial charge in [0.25, 0.3) is 0 Å². The van der Waals surface area contributed by atoms with Crippen molar-refractivity contribution in [3.05, 3.63) is 24.6 Å². The van der Waals surface area contributed by atoms with Gasteiger partial charge in [-0.05, 0) is 19.0 Å². The van der Waals surface area contributed by atoms with Crippen molar-refractivity contribution in [2.45, 2.75) is 12.8 Å². The van der Waals surface area contributed by atoms with Crippen LogP contribution in [0.4, 0.5) is 0 Å². The largest absolute Gasteiger partial charge is 0.366 e. The summed E-state index contributed by atoms with van der Waals surface area (Å²) in [4.78, 5) is 0. The van der Waals surface area contributed by atoms with Crippen LogP contribution in [0, 0.1) is 0 Å². The topological polar surface area (TPSA) is 12.0 Å². The molecule has 0 aliphatic heterocycles. The van der Waals surface area contributed by atoms with E-state index in [1.807, 2.05) is 0 Å². The molecule has 0 unspecified atom stereocenters. The monoisotopic (exact) mass is 95.1 g/mol. The van der Waals surface area contributed by atoms with E-state index in [2.05, 4.69) is 18.0 Å². The van der Waals surface area contributed by atoms with Crippen LogP contribution >= 0.6 is 0 Å². The van der Waals surface area contributed by atoms with Gasteiger partial charge in [0.05, 0.1) is 0 Å². The highest BCUT2D eigenvalue weighted by molar-refractivity contribution is 5.11. The standard InChI is InChI=1S/C6H9N/c1-2-7-6-4-3-5-6/h2,4,7H,1,3,5H2. The van der Waals surface area contributed by atoms with Crippen molar-refractivity contribution in [3.63, 3.8) is 0 Å². The van der Waals surface area contributed by atoms with Crippen LogP contribution in [0.5, 0.6) is 0 Å². The second kappa shape index (κ2) is 1.82. The predicted molar refractivity (Wildman–Crippen MR) is 30.6 cm³/mol. The van der Waals surface area contributed by atoms with Gasteiger partial charge in [0.15, 0.2) is 0 Å². The molecule has 0 spiro atoms. The minimum Gasteiger partial charge on any atom is -0.366 e. The SMILES string of the molecule is C=CNC1=CCC1. The fourth-order valence-corrected chi connectivity index (χ4v) is 0.551. The van der Waals surface area contributed by atoms with Crippen molar-refractivity contribution in [1.29, 1.82) is 0 Å². The Morgan fingerprint density at radius 2 is 2.57 bits per heavy atom. The van der Waals surface area contributed by atoms with E-state index in [0.717, 1.165) is 0 Å². The fraction of sp³-hybridized carbons (Fsp3) is 0.333. The first-order valence-corrected chi connectivity index (χ1v) is 2.50. The zero-order valence-electron chi connectivity index (χ0n) is 4.28. The number of hydrogen-bond donors (Lipinski definition) is 1. The zero-order valence-corrected chi connectivity index (χ0v) is 4.28. The van der Waals surface area contributed by atoms with E-state index in [4.69, 9.17) is 0 Å². The average Bonchev–Trinajstić information content (AvgIpc) is 1.55. The van der Waals surface area contributed by atoms with Crippen molar-refractivity contribution in [2.75, 3.05) is 0 Å². The van der Waals surface area contributed by atoms with Gasteiger partial charge >= 0.3 is 0 Å². The Morgan fingerprint density at radius 3 is 2.71 bits per heavy atom. The van der Waals surface area contributed by atoms with Crippen LogP contribution in [0.3, 0.4) is 0 Å². The zero-order chi connectivity index (χ0) is 5.11. The molecule has 0 atom stereocenters. The molecule has 0 aromatic carbocycles. The van der Waals surface area contributed by atoms with Crippen molar-refractivity contribution < 1.29 is 0 Å². The molecule has 1 aliphatic rings. The van der Waals surface area contributed by atoms with E-state index < -0.39 is 0 Å². The van der Waals surface area contributed by atoms with E-state index in [-0.39, 0.29) is 0 Å². The highest BCUT2D eigenvalue weighted by Crippen LogP contribution is 2.13. The minimum absolute atomic E-state index is 1.20. The van der Waals surface area contributed by atoms with Gasteiger partial charge in [-0.3, -0.25) is 0 Å². The molecule has 0 aromatic heterocycles. The van der Waals surface area contributed by atoms with Crippen molar-refractivity contribution in [1.82, 2.24) is 5.32 Å². The Morgan fingerprint density at radius 1 is 1.86 bits per heavy atom. The van der Waals surface area contributed by atoms with Crippen molar-refractivity contribution in [3.8, 4) is 0 Å². The Balaban J connectivity index is 2.27. The normalized spacial score (nSPS) is 16.9. The fourth-order valence-electron chi connectivity index (χ4n) is 0.551. The van der Waals surface area contributed by atoms with Gasteiger partial charge in [-0.25, -0.2) is 0 Å². The Labute approximate surface area is 43.7 Å². The van der Waals surface area contributed by atoms with Gasteiger partial charge in [-0.15, -0.1) is 0 Å². The van der Waals surface area contributed by atoms with Crippen LogP contribution in [0.15, 0.2) is 24.6 Å². The van der Waals surface area contributed by atoms with Crippen LogP contribution in [0.25, 0.3) is 0 Å². The maximum absolute atomic E-state index is 3.53. The number of allylic oxidation sites excluding steroid dienone is 2. The molecule has 38 valence electrons. The third-order valence-electron chi connectivity index (χ3n) is 1.09. The van der Waals surface area contributed by atoms with Crippen LogP contribution in [0.1, 0.15) is 12.8 Å². The lowest BCUT2D eigenvalue weighted by atomic mass is 10.1. The maximum Gasteiger partial charge on any atom is 0.0109 e. The van der Waals surface area contributed by atoms with E-state index in [0.29, 0.717) is 0 Å². The van der Waals surface area contributed by atoms with Crippen molar-refractivity contribution >= 4 is 0 Å². The molecule has 0 saturated heterocycles. The Bertz CT molecular complexity index is 103. The molecule has 1 heteroatoms. The molecule has 1 aliphatic carbocycles. The second-order valence-electron chi connectivity index (χ2n) is 1.62. The molecule has 0 heterocycles. The second-order valence-corrected chi connectivity index (χ2v) is 1.62. The summed E-state index contributed by atoms with van der Waals surface area (Å²) in [6.07, 6.45) is 6.31. The molecule has 7 heavy (non-hydrogen) atoms. The van der Waals surface area contributed by atoms with Crippen molar-refractivity contribution in [2.24, 2.45) is 0 Å². The summed E-state index contributed by atoms with van der Waals surface area (Å²) in [5, 5.41) is 3.01. The summed E-state index contributed by atoms with van der Waals surface area (Å²) in [5.74, 6) is 0. The smallest absolute Gasteiger partial charge is 0.0109 e. The number of nitrogens with one attached hydrogen (secondary N) is 1. The molecular formula is C6H9N. The number of rotatable bonds is 2. The molecular weight excluding hydrogens is 86.1 g/mol. The van der Waals surface area contributed by atoms with Gasteiger partial charge in [-0.2, -0.15) is 0 Å². The third kappa shape index (κ3) is 0.829. The molecule has 1 rings (SSSR count). The molecule has 0 aromatic rings. The van der Waals surface area contributed by atoms with Crippen LogP contribution in [-0.2, 0) is 0 Å². The van der Waals surface area contributed by atoms with Crippen LogP contribution in [0.2, 0.25) is 0 Å². The first-order valence-electron chi connectivity index (χ1n) is 2.50. The summed E-state index contributed by atoms with van der Waals surface area (Å²) in [6, 6.07) is 0. The first-order chi connectivity index (χ1) is 3.43. The molecule has 0 fully saturated rings. The third-order valence-corrected chi connectivity index (χ3v) is 1.09. The summed E-state index contributed by atoms with van der Waals surface area (Å²) >= 11 is 0. The summed E-state index contributed by atoms with van der Waals surface area (Å²) in [7, 11) is 0. The Hall–Kier alpha value is -0.720. The van der Waals surface area contributed by atoms with Crippen LogP contribution in [-0.4, -0.2) is 0 Å². The van der Waals surface area contributed by atoms with Crippen LogP contribution < -0.4 is 5.32 Å². The van der Waals surface area contributed by atoms with Gasteiger partial charge in [0.2, 0.25) is 0 Å². The molecule has 0 bridgehead atoms. The van der Waals surface area contributed by atoms with E-state index in [1.165, 1.54) is 18.5 Å². The lowest BCUT2D eigenvalue weighted by molar-refractivity contribution is 0.793. The van der Waals surface area contributed by atoms with E-state index in [1.54, 1.807) is 6.20 Å². The predicted octanol–water partition coefficient (Wildman–Crippen LogP) is 1.40. The van der Waals surface area contributed by atoms with E-state index in [9.17, 15) is 0 Å². The Kier molecular flexibility index (Phi) is 1.16. The average molecular weight is 95.1 g/mol. The maximum atomic E-state index is 3.53. The quantitative estimate of drug-likeness (QED) is 0.546. The minimum atomic E-state index is 1.20. The highest BCUT2D eigenvalue weighted by atomic mass is 14.9. The highest BCUT2D eigenvalue weighted by Gasteiger charge is 2.00. The molecule has 0 saturated carbocycles. The van der Waals surface area contributed by atoms with Gasteiger partial charge in [0.1, 0.15) is 0 Å². The number of hydrogen-bond acceptors (Lipinski definition) is 1.